The summed E-state index contributed by atoms with van der Waals surface area (Å²) in [5.41, 5.74) is 1.46. The second-order valence-electron chi connectivity index (χ2n) is 5.51. The third-order valence-corrected chi connectivity index (χ3v) is 7.20. The van der Waals surface area contributed by atoms with Crippen LogP contribution in [0.1, 0.15) is 43.6 Å². The zero-order valence-electron chi connectivity index (χ0n) is 12.3. The van der Waals surface area contributed by atoms with Gasteiger partial charge in [0.15, 0.2) is 0 Å². The Balaban J connectivity index is 1.73. The van der Waals surface area contributed by atoms with Crippen molar-refractivity contribution in [1.29, 1.82) is 0 Å². The highest BCUT2D eigenvalue weighted by Gasteiger charge is 2.22. The Kier molecular flexibility index (Phi) is 7.37. The molecule has 1 aromatic rings. The number of benzene rings is 1. The van der Waals surface area contributed by atoms with E-state index in [2.05, 4.69) is 46.1 Å². The molecule has 0 aromatic heterocycles. The van der Waals surface area contributed by atoms with Crippen molar-refractivity contribution in [3.8, 4) is 5.75 Å². The van der Waals surface area contributed by atoms with Crippen LogP contribution in [-0.4, -0.2) is 26.8 Å². The van der Waals surface area contributed by atoms with Gasteiger partial charge in [-0.3, -0.25) is 0 Å². The van der Waals surface area contributed by atoms with Crippen LogP contribution in [0.3, 0.4) is 0 Å². The summed E-state index contributed by atoms with van der Waals surface area (Å²) in [7, 11) is 1.92. The Labute approximate surface area is 137 Å². The number of ether oxygens (including phenoxy) is 2. The fraction of sp³-hybridized carbons (Fsp3) is 0.625. The van der Waals surface area contributed by atoms with Crippen molar-refractivity contribution in [2.24, 2.45) is 0 Å². The van der Waals surface area contributed by atoms with Gasteiger partial charge in [0, 0.05) is 6.61 Å². The minimum absolute atomic E-state index is 0.196. The van der Waals surface area contributed by atoms with E-state index in [1.807, 2.05) is 0 Å². The molecule has 1 aromatic carbocycles. The molecule has 0 bridgehead atoms. The Bertz CT molecular complexity index is 375. The molecule has 4 heteroatoms. The van der Waals surface area contributed by atoms with Gasteiger partial charge in [-0.05, 0) is 55.7 Å². The first kappa shape index (κ1) is 16.3. The molecule has 0 saturated heterocycles. The first-order valence-electron chi connectivity index (χ1n) is 7.65. The molecular formula is C16H25IO2Si. The first-order valence-corrected chi connectivity index (χ1v) is 13.8. The molecule has 0 heterocycles. The molecule has 2 rings (SSSR count). The molecule has 0 amide bonds. The van der Waals surface area contributed by atoms with Gasteiger partial charge in [-0.25, -0.2) is 0 Å². The van der Waals surface area contributed by atoms with E-state index >= 15 is 0 Å². The van der Waals surface area contributed by atoms with Crippen LogP contribution >= 0.6 is 21.8 Å². The molecule has 1 aliphatic rings. The van der Waals surface area contributed by atoms with Gasteiger partial charge in [0.1, 0.15) is 5.75 Å². The maximum atomic E-state index is 6.00. The molecule has 20 heavy (non-hydrogen) atoms. The van der Waals surface area contributed by atoms with Gasteiger partial charge < -0.3 is 9.47 Å². The zero-order chi connectivity index (χ0) is 14.2. The summed E-state index contributed by atoms with van der Waals surface area (Å²) >= 11 is 2.57. The molecule has 2 nitrogen and oxygen atoms in total. The molecule has 1 saturated carbocycles. The van der Waals surface area contributed by atoms with Crippen LogP contribution in [0.15, 0.2) is 24.3 Å². The van der Waals surface area contributed by atoms with Crippen molar-refractivity contribution < 1.29 is 9.47 Å². The molecule has 0 aliphatic heterocycles. The predicted octanol–water partition coefficient (Wildman–Crippen LogP) is 4.07. The average molecular weight is 404 g/mol. The molecular weight excluding hydrogens is 379 g/mol. The van der Waals surface area contributed by atoms with Crippen molar-refractivity contribution >= 4 is 28.8 Å². The van der Waals surface area contributed by atoms with Gasteiger partial charge in [-0.1, -0.05) is 18.2 Å². The van der Waals surface area contributed by atoms with Crippen LogP contribution in [0.5, 0.6) is 5.75 Å². The summed E-state index contributed by atoms with van der Waals surface area (Å²) in [5, 5.41) is 0. The molecule has 0 unspecified atom stereocenters. The molecule has 0 atom stereocenters. The lowest BCUT2D eigenvalue weighted by Gasteiger charge is -2.29. The summed E-state index contributed by atoms with van der Waals surface area (Å²) in [6, 6.07) is 10.0. The molecule has 112 valence electrons. The van der Waals surface area contributed by atoms with Crippen LogP contribution in [-0.2, 0) is 4.74 Å². The van der Waals surface area contributed by atoms with E-state index < -0.39 is 0 Å². The van der Waals surface area contributed by atoms with Crippen molar-refractivity contribution in [1.82, 2.24) is 0 Å². The lowest BCUT2D eigenvalue weighted by molar-refractivity contribution is 0.0252. The van der Waals surface area contributed by atoms with E-state index in [0.29, 0.717) is 12.0 Å². The Hall–Kier alpha value is -0.0731. The minimum Gasteiger partial charge on any atom is -0.497 e. The lowest BCUT2D eigenvalue weighted by atomic mass is 9.83. The Morgan fingerprint density at radius 3 is 2.45 bits per heavy atom. The third kappa shape index (κ3) is 5.04. The quantitative estimate of drug-likeness (QED) is 0.295. The normalized spacial score (nSPS) is 23.3. The first-order chi connectivity index (χ1) is 9.83. The van der Waals surface area contributed by atoms with Gasteiger partial charge in [-0.2, -0.15) is 0 Å². The van der Waals surface area contributed by atoms with E-state index in [9.17, 15) is 0 Å². The number of hydrogen-bond acceptors (Lipinski definition) is 2. The monoisotopic (exact) mass is 404 g/mol. The van der Waals surface area contributed by atoms with Crippen molar-refractivity contribution in [2.45, 2.75) is 50.2 Å². The minimum atomic E-state index is 0.196. The van der Waals surface area contributed by atoms with Crippen LogP contribution in [0, 0.1) is 0 Å². The van der Waals surface area contributed by atoms with E-state index in [1.165, 1.54) is 43.7 Å². The Morgan fingerprint density at radius 1 is 1.15 bits per heavy atom. The molecule has 0 N–H and O–H groups in total. The Morgan fingerprint density at radius 2 is 1.85 bits per heavy atom. The summed E-state index contributed by atoms with van der Waals surface area (Å²) in [4.78, 5) is 0. The molecule has 1 aliphatic carbocycles. The van der Waals surface area contributed by atoms with E-state index in [4.69, 9.17) is 9.47 Å². The summed E-state index contributed by atoms with van der Waals surface area (Å²) in [6.07, 6.45) is 6.75. The summed E-state index contributed by atoms with van der Waals surface area (Å²) in [6.45, 7) is 0.980. The van der Waals surface area contributed by atoms with Crippen LogP contribution < -0.4 is 4.74 Å². The van der Waals surface area contributed by atoms with Crippen LogP contribution in [0.4, 0.5) is 0 Å². The number of hydrogen-bond donors (Lipinski definition) is 0. The number of halogens is 1. The van der Waals surface area contributed by atoms with E-state index in [1.54, 1.807) is 7.11 Å². The topological polar surface area (TPSA) is 18.5 Å². The highest BCUT2D eigenvalue weighted by molar-refractivity contribution is 14.1. The molecule has 1 fully saturated rings. The van der Waals surface area contributed by atoms with Crippen molar-refractivity contribution in [2.75, 3.05) is 13.7 Å². The van der Waals surface area contributed by atoms with Gasteiger partial charge in [0.05, 0.1) is 20.2 Å². The largest absolute Gasteiger partial charge is 0.497 e. The van der Waals surface area contributed by atoms with Crippen LogP contribution in [0.25, 0.3) is 0 Å². The predicted molar refractivity (Wildman–Crippen MR) is 95.9 cm³/mol. The fourth-order valence-corrected chi connectivity index (χ4v) is 4.90. The standard InChI is InChI=1S/C16H25IO2Si/c1-18-15-7-3-13(4-8-15)14-5-9-16(10-6-14)19-11-2-12-20-17/h3-4,7-8,14,16H,2,5-6,9-12,20H2,1H3/t14-,16-. The smallest absolute Gasteiger partial charge is 0.118 e. The second-order valence-corrected chi connectivity index (χ2v) is 9.83. The zero-order valence-corrected chi connectivity index (χ0v) is 15.9. The molecule has 0 radical (unpaired) electrons. The number of methoxy groups -OCH3 is 1. The highest BCUT2D eigenvalue weighted by Crippen LogP contribution is 2.34. The third-order valence-electron chi connectivity index (χ3n) is 4.14. The lowest BCUT2D eigenvalue weighted by Crippen LogP contribution is -2.21. The average Bonchev–Trinajstić information content (AvgIpc) is 2.52. The van der Waals surface area contributed by atoms with Crippen molar-refractivity contribution in [3.05, 3.63) is 29.8 Å². The SMILES string of the molecule is COc1ccc([C@H]2CC[C@H](OCCC[SiH2]I)CC2)cc1. The summed E-state index contributed by atoms with van der Waals surface area (Å²) < 4.78 is 11.2. The maximum absolute atomic E-state index is 6.00. The number of rotatable bonds is 7. The van der Waals surface area contributed by atoms with E-state index in [0.717, 1.165) is 12.4 Å². The van der Waals surface area contributed by atoms with E-state index in [-0.39, 0.29) is 7.02 Å². The maximum Gasteiger partial charge on any atom is 0.118 e. The van der Waals surface area contributed by atoms with Gasteiger partial charge in [-0.15, -0.1) is 21.8 Å². The highest BCUT2D eigenvalue weighted by atomic mass is 127. The second kappa shape index (κ2) is 9.05. The van der Waals surface area contributed by atoms with Gasteiger partial charge in [0.2, 0.25) is 0 Å². The van der Waals surface area contributed by atoms with Crippen molar-refractivity contribution in [3.63, 3.8) is 0 Å². The summed E-state index contributed by atoms with van der Waals surface area (Å²) in [5.74, 6) is 1.66. The van der Waals surface area contributed by atoms with Crippen LogP contribution in [0.2, 0.25) is 6.04 Å². The molecule has 0 spiro atoms. The van der Waals surface area contributed by atoms with Gasteiger partial charge >= 0.3 is 0 Å². The fourth-order valence-electron chi connectivity index (χ4n) is 2.89. The van der Waals surface area contributed by atoms with Gasteiger partial charge in [0.25, 0.3) is 0 Å².